The van der Waals surface area contributed by atoms with Crippen molar-refractivity contribution < 1.29 is 4.79 Å². The number of hydrogen-bond donors (Lipinski definition) is 2. The van der Waals surface area contributed by atoms with E-state index < -0.39 is 0 Å². The molecular weight excluding hydrogens is 318 g/mol. The van der Waals surface area contributed by atoms with Gasteiger partial charge >= 0.3 is 0 Å². The van der Waals surface area contributed by atoms with Gasteiger partial charge in [-0.05, 0) is 51.5 Å². The highest BCUT2D eigenvalue weighted by Crippen LogP contribution is 2.27. The van der Waals surface area contributed by atoms with Crippen LogP contribution in [0.3, 0.4) is 0 Å². The molecule has 1 saturated heterocycles. The maximum Gasteiger partial charge on any atom is 0.221 e. The molecule has 1 aliphatic heterocycles. The Labute approximate surface area is 142 Å². The van der Waals surface area contributed by atoms with E-state index in [0.29, 0.717) is 12.5 Å². The highest BCUT2D eigenvalue weighted by atomic mass is 35.5. The Morgan fingerprint density at radius 1 is 1.32 bits per heavy atom. The number of aromatic nitrogens is 1. The molecule has 1 amide bonds. The van der Waals surface area contributed by atoms with Crippen molar-refractivity contribution in [1.82, 2.24) is 15.6 Å². The Morgan fingerprint density at radius 3 is 2.95 bits per heavy atom. The summed E-state index contributed by atoms with van der Waals surface area (Å²) in [5.74, 6) is 0.188. The summed E-state index contributed by atoms with van der Waals surface area (Å²) in [6.07, 6.45) is 9.96. The van der Waals surface area contributed by atoms with E-state index in [-0.39, 0.29) is 18.3 Å². The van der Waals surface area contributed by atoms with Gasteiger partial charge in [0.05, 0.1) is 10.7 Å². The number of rotatable bonds is 6. The molecule has 1 aromatic rings. The van der Waals surface area contributed by atoms with Gasteiger partial charge in [0.15, 0.2) is 0 Å². The summed E-state index contributed by atoms with van der Waals surface area (Å²) in [4.78, 5) is 18.1. The van der Waals surface area contributed by atoms with Crippen molar-refractivity contribution in [2.24, 2.45) is 0 Å². The standard InChI is InChI=1S/C16H25N3OS.ClH/c20-15(11-12-5-3-9-17-12)18-10-4-8-16-19-13-6-1-2-7-14(13)21-16;/h12,17H,1-11H2,(H,18,20);1H. The molecule has 22 heavy (non-hydrogen) atoms. The predicted molar refractivity (Wildman–Crippen MR) is 93.0 cm³/mol. The van der Waals surface area contributed by atoms with Crippen LogP contribution >= 0.6 is 23.7 Å². The molecule has 1 fully saturated rings. The van der Waals surface area contributed by atoms with E-state index in [1.54, 1.807) is 0 Å². The first kappa shape index (κ1) is 17.7. The number of carbonyl (C=O) groups excluding carboxylic acids is 1. The molecule has 4 nitrogen and oxygen atoms in total. The first-order valence-electron chi connectivity index (χ1n) is 8.29. The predicted octanol–water partition coefficient (Wildman–Crippen LogP) is 2.63. The largest absolute Gasteiger partial charge is 0.356 e. The number of aryl methyl sites for hydroxylation is 3. The summed E-state index contributed by atoms with van der Waals surface area (Å²) < 4.78 is 0. The van der Waals surface area contributed by atoms with Crippen LogP contribution in [0.5, 0.6) is 0 Å². The molecule has 3 rings (SSSR count). The van der Waals surface area contributed by atoms with Gasteiger partial charge in [0, 0.05) is 30.3 Å². The molecule has 6 heteroatoms. The molecule has 2 heterocycles. The van der Waals surface area contributed by atoms with Crippen molar-refractivity contribution in [2.45, 2.75) is 63.8 Å². The maximum atomic E-state index is 11.8. The topological polar surface area (TPSA) is 54.0 Å². The number of halogens is 1. The van der Waals surface area contributed by atoms with Gasteiger partial charge in [-0.1, -0.05) is 0 Å². The van der Waals surface area contributed by atoms with Gasteiger partial charge in [0.2, 0.25) is 5.91 Å². The van der Waals surface area contributed by atoms with E-state index in [4.69, 9.17) is 4.98 Å². The molecule has 0 saturated carbocycles. The third kappa shape index (κ3) is 4.93. The van der Waals surface area contributed by atoms with E-state index in [1.807, 2.05) is 11.3 Å². The van der Waals surface area contributed by atoms with Crippen LogP contribution in [0.25, 0.3) is 0 Å². The SMILES string of the molecule is Cl.O=C(CC1CCCN1)NCCCc1nc2c(s1)CCCC2. The second-order valence-corrected chi connectivity index (χ2v) is 7.30. The molecule has 2 N–H and O–H groups in total. The monoisotopic (exact) mass is 343 g/mol. The smallest absolute Gasteiger partial charge is 0.221 e. The highest BCUT2D eigenvalue weighted by molar-refractivity contribution is 7.11. The van der Waals surface area contributed by atoms with Crippen LogP contribution < -0.4 is 10.6 Å². The van der Waals surface area contributed by atoms with E-state index in [1.165, 1.54) is 41.3 Å². The van der Waals surface area contributed by atoms with Crippen molar-refractivity contribution >= 4 is 29.7 Å². The molecule has 0 bridgehead atoms. The molecular formula is C16H26ClN3OS. The summed E-state index contributed by atoms with van der Waals surface area (Å²) in [5.41, 5.74) is 1.34. The Morgan fingerprint density at radius 2 is 2.18 bits per heavy atom. The van der Waals surface area contributed by atoms with Gasteiger partial charge in [-0.3, -0.25) is 4.79 Å². The van der Waals surface area contributed by atoms with E-state index in [2.05, 4.69) is 10.6 Å². The molecule has 0 aromatic carbocycles. The second kappa shape index (κ2) is 8.85. The Kier molecular flexibility index (Phi) is 7.12. The zero-order valence-electron chi connectivity index (χ0n) is 13.0. The average Bonchev–Trinajstić information content (AvgIpc) is 3.12. The summed E-state index contributed by atoms with van der Waals surface area (Å²) in [6, 6.07) is 0.399. The van der Waals surface area contributed by atoms with E-state index in [9.17, 15) is 4.79 Å². The number of amides is 1. The lowest BCUT2D eigenvalue weighted by atomic mass is 10.0. The van der Waals surface area contributed by atoms with Crippen LogP contribution in [-0.4, -0.2) is 30.0 Å². The first-order valence-corrected chi connectivity index (χ1v) is 9.10. The minimum atomic E-state index is 0. The fraction of sp³-hybridized carbons (Fsp3) is 0.750. The van der Waals surface area contributed by atoms with Crippen molar-refractivity contribution in [3.8, 4) is 0 Å². The third-order valence-corrected chi connectivity index (χ3v) is 5.59. The number of fused-ring (bicyclic) bond motifs is 1. The van der Waals surface area contributed by atoms with Crippen LogP contribution in [0.15, 0.2) is 0 Å². The first-order chi connectivity index (χ1) is 10.3. The van der Waals surface area contributed by atoms with Gasteiger partial charge in [0.1, 0.15) is 0 Å². The molecule has 0 radical (unpaired) electrons. The Hall–Kier alpha value is -0.650. The average molecular weight is 344 g/mol. The molecule has 1 aliphatic carbocycles. The Balaban J connectivity index is 0.00000176. The molecule has 0 spiro atoms. The van der Waals surface area contributed by atoms with Crippen LogP contribution in [0.4, 0.5) is 0 Å². The molecule has 124 valence electrons. The maximum absolute atomic E-state index is 11.8. The molecule has 1 atom stereocenters. The highest BCUT2D eigenvalue weighted by Gasteiger charge is 2.17. The summed E-state index contributed by atoms with van der Waals surface area (Å²) in [7, 11) is 0. The zero-order chi connectivity index (χ0) is 14.5. The van der Waals surface area contributed by atoms with Crippen LogP contribution in [0, 0.1) is 0 Å². The van der Waals surface area contributed by atoms with E-state index in [0.717, 1.165) is 38.8 Å². The fourth-order valence-electron chi connectivity index (χ4n) is 3.21. The quantitative estimate of drug-likeness (QED) is 0.781. The number of carbonyl (C=O) groups is 1. The lowest BCUT2D eigenvalue weighted by molar-refractivity contribution is -0.121. The molecule has 1 unspecified atom stereocenters. The normalized spacial score (nSPS) is 20.3. The fourth-order valence-corrected chi connectivity index (χ4v) is 4.41. The summed E-state index contributed by atoms with van der Waals surface area (Å²) >= 11 is 1.89. The van der Waals surface area contributed by atoms with Gasteiger partial charge < -0.3 is 10.6 Å². The lowest BCUT2D eigenvalue weighted by Gasteiger charge is -2.09. The second-order valence-electron chi connectivity index (χ2n) is 6.14. The zero-order valence-corrected chi connectivity index (χ0v) is 14.7. The molecule has 2 aliphatic rings. The van der Waals surface area contributed by atoms with Crippen molar-refractivity contribution in [2.75, 3.05) is 13.1 Å². The lowest BCUT2D eigenvalue weighted by Crippen LogP contribution is -2.32. The van der Waals surface area contributed by atoms with Crippen molar-refractivity contribution in [1.29, 1.82) is 0 Å². The van der Waals surface area contributed by atoms with Crippen molar-refractivity contribution in [3.05, 3.63) is 15.6 Å². The summed E-state index contributed by atoms with van der Waals surface area (Å²) in [5, 5.41) is 7.66. The van der Waals surface area contributed by atoms with Gasteiger partial charge in [-0.25, -0.2) is 4.98 Å². The number of nitrogens with one attached hydrogen (secondary N) is 2. The van der Waals surface area contributed by atoms with Gasteiger partial charge in [-0.15, -0.1) is 23.7 Å². The van der Waals surface area contributed by atoms with Crippen LogP contribution in [0.2, 0.25) is 0 Å². The number of thiazole rings is 1. The van der Waals surface area contributed by atoms with E-state index >= 15 is 0 Å². The van der Waals surface area contributed by atoms with Crippen LogP contribution in [-0.2, 0) is 24.1 Å². The minimum Gasteiger partial charge on any atom is -0.356 e. The van der Waals surface area contributed by atoms with Gasteiger partial charge in [-0.2, -0.15) is 0 Å². The number of hydrogen-bond acceptors (Lipinski definition) is 4. The van der Waals surface area contributed by atoms with Gasteiger partial charge in [0.25, 0.3) is 0 Å². The van der Waals surface area contributed by atoms with Crippen molar-refractivity contribution in [3.63, 3.8) is 0 Å². The summed E-state index contributed by atoms with van der Waals surface area (Å²) in [6.45, 7) is 1.84. The van der Waals surface area contributed by atoms with Crippen LogP contribution in [0.1, 0.15) is 54.1 Å². The molecule has 1 aromatic heterocycles. The minimum absolute atomic E-state index is 0. The number of nitrogens with zero attached hydrogens (tertiary/aromatic N) is 1. The Bertz CT molecular complexity index is 462. The third-order valence-electron chi connectivity index (χ3n) is 4.37.